The van der Waals surface area contributed by atoms with Crippen LogP contribution in [-0.4, -0.2) is 66.7 Å². The number of nitrogens with one attached hydrogen (secondary N) is 2. The molecule has 0 atom stereocenters. The highest BCUT2D eigenvalue weighted by Crippen LogP contribution is 2.40. The summed E-state index contributed by atoms with van der Waals surface area (Å²) >= 11 is 0. The second-order valence-electron chi connectivity index (χ2n) is 12.6. The number of H-pyrrole nitrogens is 1. The van der Waals surface area contributed by atoms with E-state index in [-0.39, 0.29) is 28.5 Å². The van der Waals surface area contributed by atoms with Gasteiger partial charge in [-0.2, -0.15) is 9.97 Å². The summed E-state index contributed by atoms with van der Waals surface area (Å²) < 4.78 is 38.0. The average Bonchev–Trinajstić information content (AvgIpc) is 3.79. The summed E-state index contributed by atoms with van der Waals surface area (Å²) in [5.41, 5.74) is 2.61. The number of anilines is 1. The zero-order chi connectivity index (χ0) is 32.1. The van der Waals surface area contributed by atoms with Crippen LogP contribution in [0.25, 0.3) is 44.0 Å². The van der Waals surface area contributed by atoms with E-state index < -0.39 is 11.6 Å². The first-order chi connectivity index (χ1) is 22.9. The first kappa shape index (κ1) is 29.5. The largest absolute Gasteiger partial charge is 0.508 e. The molecule has 0 saturated carbocycles. The maximum Gasteiger partial charge on any atom is 0.319 e. The highest BCUT2D eigenvalue weighted by Gasteiger charge is 2.45. The third-order valence-electron chi connectivity index (χ3n) is 9.93. The van der Waals surface area contributed by atoms with Crippen molar-refractivity contribution >= 4 is 38.5 Å². The molecule has 4 aromatic heterocycles. The number of aromatic amines is 1. The van der Waals surface area contributed by atoms with Crippen LogP contribution in [0.15, 0.2) is 55.0 Å². The molecular weight excluding hydrogens is 600 g/mol. The lowest BCUT2D eigenvalue weighted by atomic mass is 9.94. The molecule has 0 amide bonds. The summed E-state index contributed by atoms with van der Waals surface area (Å²) in [6.07, 6.45) is 10.6. The lowest BCUT2D eigenvalue weighted by Gasteiger charge is -2.31. The molecule has 2 aliphatic heterocycles. The van der Waals surface area contributed by atoms with Crippen LogP contribution in [0, 0.1) is 11.6 Å². The zero-order valence-corrected chi connectivity index (χ0v) is 26.1. The number of nitrogens with zero attached hydrogens (tertiary/aromatic N) is 5. The molecule has 3 N–H and O–H groups in total. The van der Waals surface area contributed by atoms with Crippen molar-refractivity contribution in [2.45, 2.75) is 51.0 Å². The van der Waals surface area contributed by atoms with E-state index in [0.29, 0.717) is 59.1 Å². The van der Waals surface area contributed by atoms with Gasteiger partial charge in [-0.3, -0.25) is 9.88 Å². The monoisotopic (exact) mass is 635 g/mol. The van der Waals surface area contributed by atoms with Crippen LogP contribution in [-0.2, 0) is 12.8 Å². The Balaban J connectivity index is 1.20. The molecule has 2 aromatic carbocycles. The van der Waals surface area contributed by atoms with Crippen LogP contribution in [0.1, 0.15) is 43.7 Å². The van der Waals surface area contributed by atoms with Gasteiger partial charge in [0.25, 0.3) is 0 Å². The number of aromatic nitrogens is 5. The third-order valence-corrected chi connectivity index (χ3v) is 9.93. The number of benzene rings is 2. The Bertz CT molecular complexity index is 2140. The molecule has 9 nitrogen and oxygen atoms in total. The van der Waals surface area contributed by atoms with E-state index in [9.17, 15) is 9.50 Å². The lowest BCUT2D eigenvalue weighted by Crippen LogP contribution is -2.43. The Labute approximate surface area is 270 Å². The average molecular weight is 636 g/mol. The van der Waals surface area contributed by atoms with Crippen molar-refractivity contribution in [3.8, 4) is 23.0 Å². The normalized spacial score (nSPS) is 16.0. The second-order valence-corrected chi connectivity index (χ2v) is 12.6. The van der Waals surface area contributed by atoms with Crippen LogP contribution in [0.4, 0.5) is 14.6 Å². The van der Waals surface area contributed by atoms with Gasteiger partial charge in [-0.25, -0.2) is 13.8 Å². The quantitative estimate of drug-likeness (QED) is 0.157. The number of fused-ring (bicyclic) bond motifs is 4. The number of phenols is 1. The van der Waals surface area contributed by atoms with Gasteiger partial charge in [0.1, 0.15) is 40.8 Å². The van der Waals surface area contributed by atoms with Crippen molar-refractivity contribution in [2.75, 3.05) is 31.6 Å². The number of aryl methyl sites for hydroxylation is 1. The number of ether oxygens (including phenoxy) is 1. The van der Waals surface area contributed by atoms with Crippen molar-refractivity contribution in [3.05, 3.63) is 77.8 Å². The van der Waals surface area contributed by atoms with Crippen molar-refractivity contribution < 1.29 is 18.6 Å². The Kier molecular flexibility index (Phi) is 7.35. The van der Waals surface area contributed by atoms with Crippen LogP contribution < -0.4 is 10.1 Å². The van der Waals surface area contributed by atoms with E-state index in [0.717, 1.165) is 55.4 Å². The molecule has 2 fully saturated rings. The first-order valence-corrected chi connectivity index (χ1v) is 16.3. The molecule has 0 bridgehead atoms. The van der Waals surface area contributed by atoms with E-state index in [1.54, 1.807) is 18.3 Å². The van der Waals surface area contributed by atoms with E-state index >= 15 is 4.39 Å². The number of pyridine rings is 2. The molecule has 0 aliphatic carbocycles. The van der Waals surface area contributed by atoms with Crippen molar-refractivity contribution in [1.82, 2.24) is 29.8 Å². The van der Waals surface area contributed by atoms with Crippen LogP contribution in [0.3, 0.4) is 0 Å². The zero-order valence-electron chi connectivity index (χ0n) is 26.1. The van der Waals surface area contributed by atoms with Crippen LogP contribution in [0.2, 0.25) is 0 Å². The second kappa shape index (κ2) is 11.7. The van der Waals surface area contributed by atoms with Gasteiger partial charge in [-0.1, -0.05) is 13.0 Å². The van der Waals surface area contributed by atoms with Gasteiger partial charge < -0.3 is 20.1 Å². The molecule has 2 aliphatic rings. The summed E-state index contributed by atoms with van der Waals surface area (Å²) in [5.74, 6) is -0.744. The van der Waals surface area contributed by atoms with Gasteiger partial charge >= 0.3 is 6.01 Å². The van der Waals surface area contributed by atoms with E-state index in [1.807, 2.05) is 25.3 Å². The predicted octanol–water partition coefficient (Wildman–Crippen LogP) is 6.93. The highest BCUT2D eigenvalue weighted by atomic mass is 19.1. The minimum absolute atomic E-state index is 0.0306. The van der Waals surface area contributed by atoms with Crippen LogP contribution in [0.5, 0.6) is 11.8 Å². The summed E-state index contributed by atoms with van der Waals surface area (Å²) in [7, 11) is 0. The van der Waals surface area contributed by atoms with Crippen molar-refractivity contribution in [1.29, 1.82) is 0 Å². The standard InChI is InChI=1S/C36H35F2N7O2/c1-2-24-28(37)8-7-21-16-23(46)17-26(29(21)24)31-30(38)32-27(19-41-31)34(40-13-9-22-18-42-33-25(22)6-3-12-39-33)44-35(43-32)47-20-36-10-4-14-45(36)15-5-11-36/h3,6-8,12,16-19,46H,2,4-5,9-11,13-15,20H2,1H3,(H,39,42)(H,40,43,44). The number of rotatable bonds is 9. The fourth-order valence-electron chi connectivity index (χ4n) is 7.65. The molecular formula is C36H35F2N7O2. The molecule has 47 heavy (non-hydrogen) atoms. The summed E-state index contributed by atoms with van der Waals surface area (Å²) in [6, 6.07) is 9.94. The first-order valence-electron chi connectivity index (χ1n) is 16.3. The number of hydrogen-bond acceptors (Lipinski definition) is 8. The maximum atomic E-state index is 16.8. The minimum Gasteiger partial charge on any atom is -0.508 e. The fourth-order valence-corrected chi connectivity index (χ4v) is 7.65. The molecule has 11 heteroatoms. The Hall–Kier alpha value is -4.90. The SMILES string of the molecule is CCc1c(F)ccc2cc(O)cc(-c3ncc4c(NCCc5c[nH]c6ncccc56)nc(OCC56CCCN5CCC6)nc4c3F)c12. The van der Waals surface area contributed by atoms with Gasteiger partial charge in [-0.05, 0) is 104 Å². The molecule has 8 rings (SSSR count). The molecule has 6 aromatic rings. The third kappa shape index (κ3) is 5.09. The summed E-state index contributed by atoms with van der Waals surface area (Å²) in [5, 5.41) is 16.5. The van der Waals surface area contributed by atoms with Crippen molar-refractivity contribution in [3.63, 3.8) is 0 Å². The predicted molar refractivity (Wildman–Crippen MR) is 178 cm³/mol. The molecule has 6 heterocycles. The summed E-state index contributed by atoms with van der Waals surface area (Å²) in [4.78, 5) is 23.9. The van der Waals surface area contributed by atoms with E-state index in [2.05, 4.69) is 30.2 Å². The topological polar surface area (TPSA) is 112 Å². The fraction of sp³-hybridized carbons (Fsp3) is 0.333. The molecule has 240 valence electrons. The molecule has 2 saturated heterocycles. The van der Waals surface area contributed by atoms with Gasteiger partial charge in [0, 0.05) is 36.1 Å². The summed E-state index contributed by atoms with van der Waals surface area (Å²) in [6.45, 7) is 4.89. The van der Waals surface area contributed by atoms with E-state index in [1.165, 1.54) is 18.3 Å². The van der Waals surface area contributed by atoms with Gasteiger partial charge in [0.05, 0.1) is 10.9 Å². The maximum absolute atomic E-state index is 16.8. The Morgan fingerprint density at radius 3 is 2.74 bits per heavy atom. The van der Waals surface area contributed by atoms with Gasteiger partial charge in [0.15, 0.2) is 5.82 Å². The van der Waals surface area contributed by atoms with Crippen LogP contribution >= 0.6 is 0 Å². The smallest absolute Gasteiger partial charge is 0.319 e. The Morgan fingerprint density at radius 2 is 1.91 bits per heavy atom. The van der Waals surface area contributed by atoms with Gasteiger partial charge in [-0.15, -0.1) is 0 Å². The molecule has 0 radical (unpaired) electrons. The van der Waals surface area contributed by atoms with Gasteiger partial charge in [0.2, 0.25) is 0 Å². The number of hydrogen-bond donors (Lipinski definition) is 3. The van der Waals surface area contributed by atoms with E-state index in [4.69, 9.17) is 9.72 Å². The molecule has 0 spiro atoms. The number of aromatic hydroxyl groups is 1. The lowest BCUT2D eigenvalue weighted by molar-refractivity contribution is 0.108. The number of phenolic OH excluding ortho intramolecular Hbond substituents is 1. The Morgan fingerprint density at radius 1 is 1.06 bits per heavy atom. The van der Waals surface area contributed by atoms with Crippen molar-refractivity contribution in [2.24, 2.45) is 0 Å². The minimum atomic E-state index is -0.694. The molecule has 0 unspecified atom stereocenters. The number of halogens is 2. The highest BCUT2D eigenvalue weighted by molar-refractivity contribution is 6.01.